The van der Waals surface area contributed by atoms with E-state index in [2.05, 4.69) is 64.1 Å². The highest BCUT2D eigenvalue weighted by atomic mass is 16.5. The van der Waals surface area contributed by atoms with Crippen molar-refractivity contribution in [3.63, 3.8) is 0 Å². The highest BCUT2D eigenvalue weighted by Gasteiger charge is 2.21. The zero-order valence-electron chi connectivity index (χ0n) is 18.2. The van der Waals surface area contributed by atoms with Crippen LogP contribution in [0, 0.1) is 12.3 Å². The van der Waals surface area contributed by atoms with Gasteiger partial charge in [0.2, 0.25) is 5.91 Å². The number of nitrogens with zero attached hydrogens (tertiary/aromatic N) is 1. The Balaban J connectivity index is 1.86. The molecule has 0 atom stereocenters. The summed E-state index contributed by atoms with van der Waals surface area (Å²) in [4.78, 5) is 14.8. The molecule has 2 bridgehead atoms. The van der Waals surface area contributed by atoms with E-state index in [4.69, 9.17) is 9.47 Å². The van der Waals surface area contributed by atoms with E-state index in [0.717, 1.165) is 17.7 Å². The minimum absolute atomic E-state index is 0.0334. The van der Waals surface area contributed by atoms with Gasteiger partial charge in [0.25, 0.3) is 0 Å². The molecule has 1 aliphatic heterocycles. The smallest absolute Gasteiger partial charge is 0.223 e. The van der Waals surface area contributed by atoms with Crippen molar-refractivity contribution in [3.8, 4) is 5.75 Å². The molecule has 3 rings (SSSR count). The van der Waals surface area contributed by atoms with E-state index in [9.17, 15) is 4.79 Å². The van der Waals surface area contributed by atoms with Crippen molar-refractivity contribution in [1.82, 2.24) is 4.90 Å². The fourth-order valence-corrected chi connectivity index (χ4v) is 3.61. The Labute approximate surface area is 174 Å². The summed E-state index contributed by atoms with van der Waals surface area (Å²) >= 11 is 0. The van der Waals surface area contributed by atoms with E-state index in [1.54, 1.807) is 0 Å². The number of hydrogen-bond acceptors (Lipinski definition) is 3. The van der Waals surface area contributed by atoms with Crippen molar-refractivity contribution >= 4 is 5.91 Å². The van der Waals surface area contributed by atoms with Crippen LogP contribution in [0.25, 0.3) is 0 Å². The van der Waals surface area contributed by atoms with E-state index < -0.39 is 0 Å². The van der Waals surface area contributed by atoms with Crippen LogP contribution in [0.15, 0.2) is 42.5 Å². The van der Waals surface area contributed by atoms with Crippen LogP contribution in [0.1, 0.15) is 49.4 Å². The first kappa shape index (κ1) is 21.4. The summed E-state index contributed by atoms with van der Waals surface area (Å²) < 4.78 is 11.8. The Morgan fingerprint density at radius 3 is 2.62 bits per heavy atom. The lowest BCUT2D eigenvalue weighted by Crippen LogP contribution is -2.36. The van der Waals surface area contributed by atoms with Crippen LogP contribution < -0.4 is 4.74 Å². The molecule has 2 aromatic rings. The van der Waals surface area contributed by atoms with Crippen LogP contribution in [-0.4, -0.2) is 37.2 Å². The molecular weight excluding hydrogens is 362 g/mol. The zero-order valence-corrected chi connectivity index (χ0v) is 18.2. The third-order valence-corrected chi connectivity index (χ3v) is 5.00. The summed E-state index contributed by atoms with van der Waals surface area (Å²) in [5, 5.41) is 0. The Kier molecular flexibility index (Phi) is 6.96. The first-order valence-electron chi connectivity index (χ1n) is 10.5. The van der Waals surface area contributed by atoms with Crippen molar-refractivity contribution in [2.24, 2.45) is 5.41 Å². The Bertz CT molecular complexity index is 838. The maximum absolute atomic E-state index is 12.9. The first-order valence-corrected chi connectivity index (χ1v) is 10.5. The topological polar surface area (TPSA) is 38.8 Å². The number of benzene rings is 2. The largest absolute Gasteiger partial charge is 0.491 e. The third kappa shape index (κ3) is 6.60. The van der Waals surface area contributed by atoms with Gasteiger partial charge < -0.3 is 14.4 Å². The number of ether oxygens (including phenoxy) is 2. The van der Waals surface area contributed by atoms with Crippen LogP contribution in [0.4, 0.5) is 0 Å². The summed E-state index contributed by atoms with van der Waals surface area (Å²) in [5.41, 5.74) is 4.75. The Morgan fingerprint density at radius 1 is 1.03 bits per heavy atom. The Hall–Kier alpha value is -2.33. The predicted molar refractivity (Wildman–Crippen MR) is 116 cm³/mol. The lowest BCUT2D eigenvalue weighted by Gasteiger charge is -2.27. The number of amides is 1. The molecule has 1 amide bonds. The molecule has 0 fully saturated rings. The summed E-state index contributed by atoms with van der Waals surface area (Å²) in [6.45, 7) is 11.1. The van der Waals surface area contributed by atoms with E-state index in [-0.39, 0.29) is 11.3 Å². The van der Waals surface area contributed by atoms with Crippen molar-refractivity contribution in [2.75, 3.05) is 26.4 Å². The molecule has 4 nitrogen and oxygen atoms in total. The molecule has 156 valence electrons. The van der Waals surface area contributed by atoms with Crippen molar-refractivity contribution in [3.05, 3.63) is 64.7 Å². The number of fused-ring (bicyclic) bond motifs is 3. The fraction of sp³-hybridized carbons (Fsp3) is 0.480. The van der Waals surface area contributed by atoms with Gasteiger partial charge in [0, 0.05) is 25.9 Å². The number of hydrogen-bond donors (Lipinski definition) is 0. The molecule has 4 heteroatoms. The summed E-state index contributed by atoms with van der Waals surface area (Å²) in [5.74, 6) is 1.10. The quantitative estimate of drug-likeness (QED) is 0.699. The van der Waals surface area contributed by atoms with Gasteiger partial charge in [-0.25, -0.2) is 0 Å². The van der Waals surface area contributed by atoms with Gasteiger partial charge in [-0.1, -0.05) is 62.7 Å². The Morgan fingerprint density at radius 2 is 1.83 bits per heavy atom. The van der Waals surface area contributed by atoms with E-state index in [1.807, 2.05) is 11.0 Å². The second-order valence-electron chi connectivity index (χ2n) is 9.12. The van der Waals surface area contributed by atoms with Crippen LogP contribution >= 0.6 is 0 Å². The molecule has 0 unspecified atom stereocenters. The van der Waals surface area contributed by atoms with Crippen molar-refractivity contribution in [1.29, 1.82) is 0 Å². The maximum Gasteiger partial charge on any atom is 0.223 e. The molecule has 0 aliphatic carbocycles. The predicted octanol–water partition coefficient (Wildman–Crippen LogP) is 4.76. The average Bonchev–Trinajstić information content (AvgIpc) is 2.63. The monoisotopic (exact) mass is 395 g/mol. The van der Waals surface area contributed by atoms with Gasteiger partial charge in [0.15, 0.2) is 0 Å². The minimum Gasteiger partial charge on any atom is -0.491 e. The fourth-order valence-electron chi connectivity index (χ4n) is 3.61. The first-order chi connectivity index (χ1) is 13.8. The van der Waals surface area contributed by atoms with Crippen molar-refractivity contribution < 1.29 is 14.3 Å². The van der Waals surface area contributed by atoms with Crippen LogP contribution in [0.5, 0.6) is 5.75 Å². The molecule has 0 spiro atoms. The lowest BCUT2D eigenvalue weighted by molar-refractivity contribution is -0.134. The molecule has 2 aromatic carbocycles. The molecule has 0 aromatic heterocycles. The summed E-state index contributed by atoms with van der Waals surface area (Å²) in [6, 6.07) is 14.8. The van der Waals surface area contributed by atoms with E-state index in [1.165, 1.54) is 16.7 Å². The standard InChI is InChI=1S/C25H33NO3/c1-19-8-9-23-22(14-19)16-20-6-5-7-21(15-20)18-26(10-11-28-12-13-29-23)24(27)17-25(2,3)4/h5-9,14-15H,10-13,16-18H2,1-4H3. The molecule has 1 heterocycles. The van der Waals surface area contributed by atoms with Gasteiger partial charge in [-0.15, -0.1) is 0 Å². The van der Waals surface area contributed by atoms with Crippen LogP contribution in [-0.2, 0) is 22.5 Å². The molecule has 29 heavy (non-hydrogen) atoms. The highest BCUT2D eigenvalue weighted by molar-refractivity contribution is 5.76. The molecule has 0 N–H and O–H groups in total. The van der Waals surface area contributed by atoms with Gasteiger partial charge in [0.05, 0.1) is 13.2 Å². The third-order valence-electron chi connectivity index (χ3n) is 5.00. The van der Waals surface area contributed by atoms with E-state index in [0.29, 0.717) is 39.3 Å². The SMILES string of the molecule is Cc1ccc2c(c1)Cc1cccc(c1)CN(C(=O)CC(C)(C)C)CCOCCO2. The molecular formula is C25H33NO3. The van der Waals surface area contributed by atoms with Gasteiger partial charge >= 0.3 is 0 Å². The number of carbonyl (C=O) groups is 1. The van der Waals surface area contributed by atoms with Crippen LogP contribution in [0.2, 0.25) is 0 Å². The highest BCUT2D eigenvalue weighted by Crippen LogP contribution is 2.25. The maximum atomic E-state index is 12.9. The lowest BCUT2D eigenvalue weighted by atomic mass is 9.91. The van der Waals surface area contributed by atoms with Gasteiger partial charge in [-0.05, 0) is 35.1 Å². The molecule has 0 saturated carbocycles. The summed E-state index contributed by atoms with van der Waals surface area (Å²) in [7, 11) is 0. The number of rotatable bonds is 1. The molecule has 0 radical (unpaired) electrons. The van der Waals surface area contributed by atoms with Gasteiger partial charge in [-0.3, -0.25) is 4.79 Å². The normalized spacial score (nSPS) is 15.8. The van der Waals surface area contributed by atoms with Gasteiger partial charge in [-0.2, -0.15) is 0 Å². The van der Waals surface area contributed by atoms with E-state index >= 15 is 0 Å². The summed E-state index contributed by atoms with van der Waals surface area (Å²) in [6.07, 6.45) is 1.34. The second kappa shape index (κ2) is 9.45. The minimum atomic E-state index is -0.0334. The van der Waals surface area contributed by atoms with Crippen LogP contribution in [0.3, 0.4) is 0 Å². The zero-order chi connectivity index (χ0) is 20.9. The molecule has 0 saturated heterocycles. The molecule has 1 aliphatic rings. The average molecular weight is 396 g/mol. The van der Waals surface area contributed by atoms with Crippen molar-refractivity contribution in [2.45, 2.75) is 47.1 Å². The second-order valence-corrected chi connectivity index (χ2v) is 9.12. The number of aryl methyl sites for hydroxylation is 1. The number of carbonyl (C=O) groups excluding carboxylic acids is 1. The van der Waals surface area contributed by atoms with Gasteiger partial charge in [0.1, 0.15) is 12.4 Å².